The van der Waals surface area contributed by atoms with Gasteiger partial charge in [0.25, 0.3) is 7.82 Å². The molecule has 0 bridgehead atoms. The van der Waals surface area contributed by atoms with E-state index in [1.54, 1.807) is 0 Å². The van der Waals surface area contributed by atoms with Crippen LogP contribution in [0.15, 0.2) is 60.8 Å². The molecule has 0 saturated carbocycles. The Labute approximate surface area is 375 Å². The minimum Gasteiger partial charge on any atom is -0.756 e. The highest BCUT2D eigenvalue weighted by Gasteiger charge is 2.21. The zero-order chi connectivity index (χ0) is 45.0. The van der Waals surface area contributed by atoms with Crippen LogP contribution < -0.4 is 4.89 Å². The maximum atomic E-state index is 12.7. The smallest absolute Gasteiger partial charge is 0.306 e. The van der Waals surface area contributed by atoms with Crippen LogP contribution in [0.3, 0.4) is 0 Å². The van der Waals surface area contributed by atoms with Gasteiger partial charge in [-0.15, -0.1) is 0 Å². The highest BCUT2D eigenvalue weighted by atomic mass is 31.2. The van der Waals surface area contributed by atoms with Crippen LogP contribution in [0, 0.1) is 0 Å². The summed E-state index contributed by atoms with van der Waals surface area (Å²) in [5, 5.41) is 0. The Hall–Kier alpha value is -2.29. The van der Waals surface area contributed by atoms with Crippen LogP contribution in [0.5, 0.6) is 0 Å². The van der Waals surface area contributed by atoms with Crippen LogP contribution in [0.25, 0.3) is 0 Å². The molecule has 0 aliphatic heterocycles. The van der Waals surface area contributed by atoms with Crippen molar-refractivity contribution < 1.29 is 42.1 Å². The quantitative estimate of drug-likeness (QED) is 0.0196. The van der Waals surface area contributed by atoms with Crippen molar-refractivity contribution >= 4 is 19.8 Å². The fraction of sp³-hybridized carbons (Fsp3) is 0.765. The maximum absolute atomic E-state index is 12.7. The first-order valence-electron chi connectivity index (χ1n) is 24.5. The Morgan fingerprint density at radius 3 is 1.38 bits per heavy atom. The van der Waals surface area contributed by atoms with Gasteiger partial charge in [0, 0.05) is 12.8 Å². The third-order valence-electron chi connectivity index (χ3n) is 10.3. The lowest BCUT2D eigenvalue weighted by Gasteiger charge is -2.28. The van der Waals surface area contributed by atoms with Gasteiger partial charge in [0.2, 0.25) is 0 Å². The van der Waals surface area contributed by atoms with Crippen molar-refractivity contribution in [1.82, 2.24) is 0 Å². The second-order valence-corrected chi connectivity index (χ2v) is 18.9. The van der Waals surface area contributed by atoms with Crippen molar-refractivity contribution in [3.05, 3.63) is 60.8 Å². The number of phosphoric ester groups is 1. The number of allylic oxidation sites excluding steroid dienone is 10. The monoisotopic (exact) mass is 878 g/mol. The minimum atomic E-state index is -4.64. The van der Waals surface area contributed by atoms with Gasteiger partial charge in [0.1, 0.15) is 19.8 Å². The van der Waals surface area contributed by atoms with E-state index in [4.69, 9.17) is 18.5 Å². The number of hydrogen-bond acceptors (Lipinski definition) is 8. The van der Waals surface area contributed by atoms with Crippen LogP contribution in [-0.4, -0.2) is 70.0 Å². The number of quaternary nitrogens is 1. The fourth-order valence-corrected chi connectivity index (χ4v) is 7.24. The van der Waals surface area contributed by atoms with E-state index in [1.807, 2.05) is 21.1 Å². The lowest BCUT2D eigenvalue weighted by molar-refractivity contribution is -0.870. The minimum absolute atomic E-state index is 0.0406. The van der Waals surface area contributed by atoms with E-state index in [1.165, 1.54) is 103 Å². The van der Waals surface area contributed by atoms with Crippen molar-refractivity contribution in [2.45, 2.75) is 206 Å². The number of unbranched alkanes of at least 4 members (excludes halogenated alkanes) is 20. The number of esters is 2. The van der Waals surface area contributed by atoms with Crippen LogP contribution in [0.2, 0.25) is 0 Å². The molecule has 0 aromatic rings. The molecule has 2 atom stereocenters. The van der Waals surface area contributed by atoms with Gasteiger partial charge in [-0.1, -0.05) is 197 Å². The summed E-state index contributed by atoms with van der Waals surface area (Å²) in [6, 6.07) is 0. The van der Waals surface area contributed by atoms with Crippen molar-refractivity contribution in [1.29, 1.82) is 0 Å². The van der Waals surface area contributed by atoms with E-state index >= 15 is 0 Å². The van der Waals surface area contributed by atoms with Crippen LogP contribution in [-0.2, 0) is 32.7 Å². The molecule has 9 nitrogen and oxygen atoms in total. The van der Waals surface area contributed by atoms with Gasteiger partial charge in [0.05, 0.1) is 27.7 Å². The number of phosphoric acid groups is 1. The molecule has 61 heavy (non-hydrogen) atoms. The third-order valence-corrected chi connectivity index (χ3v) is 11.3. The summed E-state index contributed by atoms with van der Waals surface area (Å²) in [5.41, 5.74) is 0. The van der Waals surface area contributed by atoms with Gasteiger partial charge < -0.3 is 27.9 Å². The van der Waals surface area contributed by atoms with Gasteiger partial charge in [-0.05, 0) is 51.4 Å². The topological polar surface area (TPSA) is 111 Å². The number of carbonyl (C=O) groups excluding carboxylic acids is 2. The first kappa shape index (κ1) is 58.7. The summed E-state index contributed by atoms with van der Waals surface area (Å²) >= 11 is 0. The summed E-state index contributed by atoms with van der Waals surface area (Å²) < 4.78 is 33.9. The van der Waals surface area contributed by atoms with Crippen LogP contribution in [0.4, 0.5) is 0 Å². The largest absolute Gasteiger partial charge is 0.756 e. The normalized spacial score (nSPS) is 14.0. The van der Waals surface area contributed by atoms with E-state index in [2.05, 4.69) is 74.6 Å². The Bertz CT molecular complexity index is 1220. The van der Waals surface area contributed by atoms with Crippen molar-refractivity contribution in [2.24, 2.45) is 0 Å². The molecule has 354 valence electrons. The molecular weight excluding hydrogens is 786 g/mol. The molecule has 0 aliphatic carbocycles. The van der Waals surface area contributed by atoms with E-state index in [-0.39, 0.29) is 26.1 Å². The second kappa shape index (κ2) is 43.0. The molecule has 1 unspecified atom stereocenters. The molecule has 0 fully saturated rings. The lowest BCUT2D eigenvalue weighted by atomic mass is 10.0. The summed E-state index contributed by atoms with van der Waals surface area (Å²) in [6.45, 7) is 4.07. The summed E-state index contributed by atoms with van der Waals surface area (Å²) in [5.74, 6) is -0.899. The standard InChI is InChI=1S/C51H92NO8P/c1-6-8-10-12-14-16-18-20-22-24-25-26-28-30-32-34-36-38-40-42-44-51(54)60-49(48-59-61(55,56)58-46-45-52(3,4)5)47-57-50(53)43-41-39-37-35-33-31-29-27-23-21-19-17-15-13-11-9-7-2/h9,11,15,17,21,23,29,31,35,37,49H,6-8,10,12-14,16,18-20,22,24-28,30,32-34,36,38-48H2,1-5H3/b11-9+,17-15+,23-21+,31-29+,37-35+/t49-/m1/s1. The fourth-order valence-electron chi connectivity index (χ4n) is 6.51. The first-order valence-corrected chi connectivity index (χ1v) is 26.0. The highest BCUT2D eigenvalue weighted by molar-refractivity contribution is 7.45. The zero-order valence-electron chi connectivity index (χ0n) is 39.8. The molecule has 0 rings (SSSR count). The molecule has 0 aliphatic rings. The van der Waals surface area contributed by atoms with Crippen molar-refractivity contribution in [2.75, 3.05) is 47.5 Å². The molecule has 0 amide bonds. The van der Waals surface area contributed by atoms with Crippen LogP contribution in [0.1, 0.15) is 200 Å². The Balaban J connectivity index is 4.34. The van der Waals surface area contributed by atoms with Gasteiger partial charge in [-0.2, -0.15) is 0 Å². The molecular formula is C51H92NO8P. The molecule has 0 radical (unpaired) electrons. The average molecular weight is 878 g/mol. The summed E-state index contributed by atoms with van der Waals surface area (Å²) in [7, 11) is 1.13. The van der Waals surface area contributed by atoms with Crippen molar-refractivity contribution in [3.8, 4) is 0 Å². The summed E-state index contributed by atoms with van der Waals surface area (Å²) in [6.07, 6.45) is 52.6. The van der Waals surface area contributed by atoms with Gasteiger partial charge in [-0.3, -0.25) is 14.2 Å². The Morgan fingerprint density at radius 2 is 0.934 bits per heavy atom. The average Bonchev–Trinajstić information content (AvgIpc) is 3.21. The number of nitrogens with zero attached hydrogens (tertiary/aromatic N) is 1. The molecule has 0 heterocycles. The van der Waals surface area contributed by atoms with Gasteiger partial charge >= 0.3 is 11.9 Å². The Morgan fingerprint density at radius 1 is 0.525 bits per heavy atom. The highest BCUT2D eigenvalue weighted by Crippen LogP contribution is 2.38. The number of ether oxygens (including phenoxy) is 2. The number of hydrogen-bond donors (Lipinski definition) is 0. The second-order valence-electron chi connectivity index (χ2n) is 17.5. The third kappa shape index (κ3) is 47.0. The molecule has 0 aromatic heterocycles. The zero-order valence-corrected chi connectivity index (χ0v) is 40.7. The predicted molar refractivity (Wildman–Crippen MR) is 254 cm³/mol. The molecule has 0 aromatic carbocycles. The molecule has 0 spiro atoms. The summed E-state index contributed by atoms with van der Waals surface area (Å²) in [4.78, 5) is 37.6. The predicted octanol–water partition coefficient (Wildman–Crippen LogP) is 13.8. The Kier molecular flexibility index (Phi) is 41.4. The van der Waals surface area contributed by atoms with Crippen LogP contribution >= 0.6 is 7.82 Å². The van der Waals surface area contributed by atoms with E-state index in [0.717, 1.165) is 57.8 Å². The number of rotatable bonds is 44. The SMILES string of the molecule is CC/C=C/C/C=C/C/C=C/C/C=C/C/C=C/CCCC(=O)OC[C@H](COP(=O)([O-])OCC[N+](C)(C)C)OC(=O)CCCCCCCCCCCCCCCCCCCCCC. The maximum Gasteiger partial charge on any atom is 0.306 e. The lowest BCUT2D eigenvalue weighted by Crippen LogP contribution is -2.37. The molecule has 0 saturated heterocycles. The molecule has 0 N–H and O–H groups in total. The van der Waals surface area contributed by atoms with Gasteiger partial charge in [-0.25, -0.2) is 0 Å². The number of likely N-dealkylation sites (N-methyl/N-ethyl adjacent to an activating group) is 1. The number of carbonyl (C=O) groups is 2. The molecule has 10 heteroatoms. The van der Waals surface area contributed by atoms with Gasteiger partial charge in [0.15, 0.2) is 6.10 Å². The van der Waals surface area contributed by atoms with E-state index in [9.17, 15) is 19.0 Å². The van der Waals surface area contributed by atoms with E-state index < -0.39 is 32.5 Å². The van der Waals surface area contributed by atoms with E-state index in [0.29, 0.717) is 23.9 Å². The first-order chi connectivity index (χ1) is 29.5. The van der Waals surface area contributed by atoms with Crippen molar-refractivity contribution in [3.63, 3.8) is 0 Å².